The van der Waals surface area contributed by atoms with Crippen LogP contribution in [-0.2, 0) is 11.2 Å². The number of anilines is 1. The van der Waals surface area contributed by atoms with Crippen LogP contribution in [0.3, 0.4) is 0 Å². The zero-order chi connectivity index (χ0) is 15.1. The molecule has 5 nitrogen and oxygen atoms in total. The third-order valence-corrected chi connectivity index (χ3v) is 5.19. The lowest BCUT2D eigenvalue weighted by molar-refractivity contribution is -0.137. The first kappa shape index (κ1) is 14.3. The summed E-state index contributed by atoms with van der Waals surface area (Å²) in [5.74, 6) is 0.943. The molecule has 0 aliphatic heterocycles. The molecule has 0 aromatic carbocycles. The van der Waals surface area contributed by atoms with E-state index in [0.717, 1.165) is 16.6 Å². The van der Waals surface area contributed by atoms with Crippen molar-refractivity contribution in [1.82, 2.24) is 9.97 Å². The van der Waals surface area contributed by atoms with Crippen molar-refractivity contribution in [3.8, 4) is 0 Å². The highest BCUT2D eigenvalue weighted by molar-refractivity contribution is 7.19. The molecular weight excluding hydrogens is 286 g/mol. The van der Waals surface area contributed by atoms with Gasteiger partial charge in [0.05, 0.1) is 5.39 Å². The number of rotatable bonds is 3. The van der Waals surface area contributed by atoms with Gasteiger partial charge in [0, 0.05) is 4.88 Å². The van der Waals surface area contributed by atoms with Gasteiger partial charge in [-0.2, -0.15) is 0 Å². The fourth-order valence-corrected chi connectivity index (χ4v) is 4.35. The van der Waals surface area contributed by atoms with E-state index in [1.54, 1.807) is 18.3 Å². The first-order valence-electron chi connectivity index (χ1n) is 7.26. The average molecular weight is 305 g/mol. The van der Waals surface area contributed by atoms with Gasteiger partial charge in [-0.25, -0.2) is 9.97 Å². The molecule has 2 aromatic rings. The molecule has 0 radical (unpaired) electrons. The Morgan fingerprint density at radius 1 is 1.48 bits per heavy atom. The van der Waals surface area contributed by atoms with Gasteiger partial charge in [0.25, 0.3) is 0 Å². The molecule has 112 valence electrons. The highest BCUT2D eigenvalue weighted by Crippen LogP contribution is 2.43. The van der Waals surface area contributed by atoms with Crippen LogP contribution < -0.4 is 5.32 Å². The minimum atomic E-state index is -0.878. The molecule has 0 saturated heterocycles. The second-order valence-corrected chi connectivity index (χ2v) is 6.82. The van der Waals surface area contributed by atoms with Crippen LogP contribution in [0.2, 0.25) is 0 Å². The van der Waals surface area contributed by atoms with Crippen LogP contribution in [0.15, 0.2) is 0 Å². The molecule has 1 aliphatic rings. The summed E-state index contributed by atoms with van der Waals surface area (Å²) in [6.45, 7) is 5.71. The Balaban J connectivity index is 2.18. The van der Waals surface area contributed by atoms with E-state index in [-0.39, 0.29) is 0 Å². The second-order valence-electron chi connectivity index (χ2n) is 5.74. The van der Waals surface area contributed by atoms with E-state index in [1.807, 2.05) is 6.92 Å². The largest absolute Gasteiger partial charge is 0.480 e. The molecule has 3 rings (SSSR count). The van der Waals surface area contributed by atoms with Gasteiger partial charge in [-0.1, -0.05) is 6.92 Å². The van der Waals surface area contributed by atoms with Gasteiger partial charge in [0.15, 0.2) is 0 Å². The maximum atomic E-state index is 11.1. The number of thiophene rings is 1. The number of fused-ring (bicyclic) bond motifs is 3. The quantitative estimate of drug-likeness (QED) is 0.909. The SMILES string of the molecule is Cc1nc(N[C@@H](C)C(=O)O)c2c3c(sc2n1)CCC[C@H]3C. The van der Waals surface area contributed by atoms with Crippen LogP contribution in [0.1, 0.15) is 48.9 Å². The fourth-order valence-electron chi connectivity index (χ4n) is 2.97. The first-order chi connectivity index (χ1) is 9.97. The predicted molar refractivity (Wildman–Crippen MR) is 84.2 cm³/mol. The zero-order valence-electron chi connectivity index (χ0n) is 12.4. The van der Waals surface area contributed by atoms with Gasteiger partial charge in [-0.3, -0.25) is 4.79 Å². The molecule has 6 heteroatoms. The molecule has 0 unspecified atom stereocenters. The lowest BCUT2D eigenvalue weighted by Crippen LogP contribution is -2.26. The highest BCUT2D eigenvalue weighted by atomic mass is 32.1. The summed E-state index contributed by atoms with van der Waals surface area (Å²) in [5, 5.41) is 13.2. The number of hydrogen-bond acceptors (Lipinski definition) is 5. The molecule has 0 fully saturated rings. The van der Waals surface area contributed by atoms with Crippen molar-refractivity contribution in [2.45, 2.75) is 52.0 Å². The lowest BCUT2D eigenvalue weighted by Gasteiger charge is -2.20. The van der Waals surface area contributed by atoms with Crippen molar-refractivity contribution >= 4 is 33.3 Å². The number of carbonyl (C=O) groups is 1. The summed E-state index contributed by atoms with van der Waals surface area (Å²) >= 11 is 1.73. The topological polar surface area (TPSA) is 75.1 Å². The van der Waals surface area contributed by atoms with E-state index in [0.29, 0.717) is 17.6 Å². The number of aryl methyl sites for hydroxylation is 2. The lowest BCUT2D eigenvalue weighted by atomic mass is 9.87. The summed E-state index contributed by atoms with van der Waals surface area (Å²) in [5.41, 5.74) is 1.32. The van der Waals surface area contributed by atoms with Crippen LogP contribution >= 0.6 is 11.3 Å². The van der Waals surface area contributed by atoms with Gasteiger partial charge in [-0.15, -0.1) is 11.3 Å². The van der Waals surface area contributed by atoms with Gasteiger partial charge in [-0.05, 0) is 44.6 Å². The van der Waals surface area contributed by atoms with Crippen LogP contribution in [-0.4, -0.2) is 27.1 Å². The fraction of sp³-hybridized carbons (Fsp3) is 0.533. The van der Waals surface area contributed by atoms with E-state index in [2.05, 4.69) is 22.2 Å². The molecule has 2 atom stereocenters. The Kier molecular flexibility index (Phi) is 3.57. The van der Waals surface area contributed by atoms with Crippen molar-refractivity contribution < 1.29 is 9.90 Å². The monoisotopic (exact) mass is 305 g/mol. The van der Waals surface area contributed by atoms with E-state index in [1.165, 1.54) is 23.3 Å². The van der Waals surface area contributed by atoms with Crippen LogP contribution in [0.25, 0.3) is 10.2 Å². The van der Waals surface area contributed by atoms with E-state index in [9.17, 15) is 4.79 Å². The third kappa shape index (κ3) is 2.48. The molecular formula is C15H19N3O2S. The third-order valence-electron chi connectivity index (χ3n) is 4.03. The maximum Gasteiger partial charge on any atom is 0.325 e. The Bertz CT molecular complexity index is 710. The molecule has 0 spiro atoms. The van der Waals surface area contributed by atoms with E-state index < -0.39 is 12.0 Å². The van der Waals surface area contributed by atoms with Crippen LogP contribution in [0.5, 0.6) is 0 Å². The van der Waals surface area contributed by atoms with E-state index >= 15 is 0 Å². The van der Waals surface area contributed by atoms with Gasteiger partial charge < -0.3 is 10.4 Å². The average Bonchev–Trinajstić information content (AvgIpc) is 2.77. The van der Waals surface area contributed by atoms with Crippen molar-refractivity contribution in [2.75, 3.05) is 5.32 Å². The number of carboxylic acids is 1. The summed E-state index contributed by atoms with van der Waals surface area (Å²) in [7, 11) is 0. The summed E-state index contributed by atoms with van der Waals surface area (Å²) in [6, 6.07) is -0.669. The number of aliphatic carboxylic acids is 1. The number of hydrogen-bond donors (Lipinski definition) is 2. The van der Waals surface area contributed by atoms with Gasteiger partial charge in [0.1, 0.15) is 22.5 Å². The molecule has 1 aliphatic carbocycles. The van der Waals surface area contributed by atoms with Crippen LogP contribution in [0, 0.1) is 6.92 Å². The predicted octanol–water partition coefficient (Wildman–Crippen LogP) is 3.32. The smallest absolute Gasteiger partial charge is 0.325 e. The number of aromatic nitrogens is 2. The molecule has 0 amide bonds. The molecule has 2 aromatic heterocycles. The summed E-state index contributed by atoms with van der Waals surface area (Å²) in [4.78, 5) is 22.5. The second kappa shape index (κ2) is 5.26. The van der Waals surface area contributed by atoms with E-state index in [4.69, 9.17) is 5.11 Å². The minimum absolute atomic E-state index is 0.481. The Morgan fingerprint density at radius 2 is 2.24 bits per heavy atom. The molecule has 2 N–H and O–H groups in total. The number of nitrogens with zero attached hydrogens (tertiary/aromatic N) is 2. The Morgan fingerprint density at radius 3 is 2.95 bits per heavy atom. The Hall–Kier alpha value is -1.69. The summed E-state index contributed by atoms with van der Waals surface area (Å²) in [6.07, 6.45) is 3.47. The van der Waals surface area contributed by atoms with Gasteiger partial charge in [0.2, 0.25) is 0 Å². The highest BCUT2D eigenvalue weighted by Gasteiger charge is 2.26. The standard InChI is InChI=1S/C15H19N3O2S/c1-7-5-4-6-10-11(7)12-13(16-8(2)15(19)20)17-9(3)18-14(12)21-10/h7-8H,4-6H2,1-3H3,(H,19,20)(H,16,17,18)/t7-,8+/m1/s1. The Labute approximate surface area is 127 Å². The van der Waals surface area contributed by atoms with Crippen molar-refractivity contribution in [1.29, 1.82) is 0 Å². The zero-order valence-corrected chi connectivity index (χ0v) is 13.3. The molecule has 0 saturated carbocycles. The van der Waals surface area contributed by atoms with Crippen molar-refractivity contribution in [2.24, 2.45) is 0 Å². The van der Waals surface area contributed by atoms with Crippen molar-refractivity contribution in [3.05, 3.63) is 16.3 Å². The maximum absolute atomic E-state index is 11.1. The van der Waals surface area contributed by atoms with Crippen molar-refractivity contribution in [3.63, 3.8) is 0 Å². The normalized spacial score (nSPS) is 19.3. The molecule has 0 bridgehead atoms. The molecule has 21 heavy (non-hydrogen) atoms. The number of nitrogens with one attached hydrogen (secondary N) is 1. The first-order valence-corrected chi connectivity index (χ1v) is 8.08. The van der Waals surface area contributed by atoms with Gasteiger partial charge >= 0.3 is 5.97 Å². The summed E-state index contributed by atoms with van der Waals surface area (Å²) < 4.78 is 0. The number of carboxylic acid groups (broad SMARTS) is 1. The van der Waals surface area contributed by atoms with Crippen LogP contribution in [0.4, 0.5) is 5.82 Å². The minimum Gasteiger partial charge on any atom is -0.480 e. The molecule has 2 heterocycles.